The van der Waals surface area contributed by atoms with Crippen LogP contribution in [0.15, 0.2) is 0 Å². The van der Waals surface area contributed by atoms with E-state index < -0.39 is 11.4 Å². The van der Waals surface area contributed by atoms with Crippen LogP contribution in [0.5, 0.6) is 0 Å². The second kappa shape index (κ2) is 5.36. The molecule has 19 heavy (non-hydrogen) atoms. The molecule has 0 aromatic heterocycles. The molecule has 0 aromatic carbocycles. The van der Waals surface area contributed by atoms with Crippen molar-refractivity contribution >= 4 is 12.0 Å². The van der Waals surface area contributed by atoms with E-state index in [2.05, 4.69) is 10.6 Å². The maximum Gasteiger partial charge on any atom is 0.314 e. The predicted octanol–water partition coefficient (Wildman–Crippen LogP) is 0.967. The van der Waals surface area contributed by atoms with E-state index in [1.54, 1.807) is 7.11 Å². The molecule has 0 spiro atoms. The molecule has 6 nitrogen and oxygen atoms in total. The van der Waals surface area contributed by atoms with E-state index in [0.717, 1.165) is 19.3 Å². The van der Waals surface area contributed by atoms with E-state index in [4.69, 9.17) is 9.84 Å². The molecule has 0 atom stereocenters. The largest absolute Gasteiger partial charge is 0.481 e. The van der Waals surface area contributed by atoms with Crippen LogP contribution in [0.25, 0.3) is 0 Å². The Hall–Kier alpha value is -1.30. The second-order valence-electron chi connectivity index (χ2n) is 5.86. The van der Waals surface area contributed by atoms with Gasteiger partial charge in [-0.1, -0.05) is 0 Å². The number of nitrogens with one attached hydrogen (secondary N) is 2. The first-order valence-corrected chi connectivity index (χ1v) is 6.76. The quantitative estimate of drug-likeness (QED) is 0.613. The minimum Gasteiger partial charge on any atom is -0.481 e. The minimum absolute atomic E-state index is 0.206. The maximum atomic E-state index is 11.6. The molecule has 2 saturated carbocycles. The van der Waals surface area contributed by atoms with E-state index in [1.807, 2.05) is 0 Å². The van der Waals surface area contributed by atoms with Gasteiger partial charge in [0, 0.05) is 26.8 Å². The number of methoxy groups -OCH3 is 1. The normalized spacial score (nSPS) is 21.5. The SMILES string of the molecule is COCCC1(CNC(=O)NCC2(C(=O)O)CC2)CC1. The van der Waals surface area contributed by atoms with Crippen molar-refractivity contribution < 1.29 is 19.4 Å². The Kier molecular flexibility index (Phi) is 3.99. The van der Waals surface area contributed by atoms with Crippen LogP contribution in [0.1, 0.15) is 32.1 Å². The molecule has 2 aliphatic rings. The summed E-state index contributed by atoms with van der Waals surface area (Å²) in [7, 11) is 1.68. The van der Waals surface area contributed by atoms with Gasteiger partial charge in [0.15, 0.2) is 0 Å². The van der Waals surface area contributed by atoms with Crippen molar-refractivity contribution in [1.82, 2.24) is 10.6 Å². The summed E-state index contributed by atoms with van der Waals surface area (Å²) < 4.78 is 5.06. The zero-order chi connectivity index (χ0) is 13.9. The summed E-state index contributed by atoms with van der Waals surface area (Å²) in [6, 6.07) is -0.267. The first-order valence-electron chi connectivity index (χ1n) is 6.76. The van der Waals surface area contributed by atoms with Crippen LogP contribution < -0.4 is 10.6 Å². The van der Waals surface area contributed by atoms with Crippen LogP contribution in [0.2, 0.25) is 0 Å². The van der Waals surface area contributed by atoms with Crippen molar-refractivity contribution in [2.24, 2.45) is 10.8 Å². The third-order valence-electron chi connectivity index (χ3n) is 4.31. The molecule has 0 saturated heterocycles. The van der Waals surface area contributed by atoms with Crippen molar-refractivity contribution in [1.29, 1.82) is 0 Å². The lowest BCUT2D eigenvalue weighted by Crippen LogP contribution is -2.42. The van der Waals surface area contributed by atoms with Gasteiger partial charge in [0.25, 0.3) is 0 Å². The average Bonchev–Trinajstić information content (AvgIpc) is 3.27. The molecule has 2 amide bonds. The van der Waals surface area contributed by atoms with E-state index in [9.17, 15) is 9.59 Å². The molecular weight excluding hydrogens is 248 g/mol. The predicted molar refractivity (Wildman–Crippen MR) is 68.9 cm³/mol. The fourth-order valence-corrected chi connectivity index (χ4v) is 2.21. The van der Waals surface area contributed by atoms with Gasteiger partial charge in [-0.25, -0.2) is 4.79 Å². The zero-order valence-corrected chi connectivity index (χ0v) is 11.3. The van der Waals surface area contributed by atoms with Gasteiger partial charge in [0.2, 0.25) is 0 Å². The standard InChI is InChI=1S/C13H22N2O4/c1-19-7-6-12(2-3-12)8-14-11(18)15-9-13(4-5-13)10(16)17/h2-9H2,1H3,(H,16,17)(H2,14,15,18). The van der Waals surface area contributed by atoms with Gasteiger partial charge in [0.1, 0.15) is 0 Å². The number of carbonyl (C=O) groups is 2. The van der Waals surface area contributed by atoms with Crippen molar-refractivity contribution in [2.75, 3.05) is 26.8 Å². The third kappa shape index (κ3) is 3.59. The molecule has 2 aliphatic carbocycles. The van der Waals surface area contributed by atoms with Gasteiger partial charge >= 0.3 is 12.0 Å². The Morgan fingerprint density at radius 1 is 1.16 bits per heavy atom. The number of hydrogen-bond donors (Lipinski definition) is 3. The Balaban J connectivity index is 1.64. The highest BCUT2D eigenvalue weighted by atomic mass is 16.5. The first-order chi connectivity index (χ1) is 9.02. The van der Waals surface area contributed by atoms with Crippen molar-refractivity contribution in [3.8, 4) is 0 Å². The first kappa shape index (κ1) is 14.1. The van der Waals surface area contributed by atoms with Crippen molar-refractivity contribution in [3.63, 3.8) is 0 Å². The molecule has 0 radical (unpaired) electrons. The fourth-order valence-electron chi connectivity index (χ4n) is 2.21. The molecule has 3 N–H and O–H groups in total. The average molecular weight is 270 g/mol. The topological polar surface area (TPSA) is 87.7 Å². The molecule has 0 aromatic rings. The monoisotopic (exact) mass is 270 g/mol. The van der Waals surface area contributed by atoms with Gasteiger partial charge in [-0.15, -0.1) is 0 Å². The lowest BCUT2D eigenvalue weighted by atomic mass is 10.0. The van der Waals surface area contributed by atoms with Gasteiger partial charge in [-0.3, -0.25) is 4.79 Å². The number of carboxylic acids is 1. The number of hydrogen-bond acceptors (Lipinski definition) is 3. The molecule has 6 heteroatoms. The minimum atomic E-state index is -0.813. The number of rotatable bonds is 8. The molecule has 2 rings (SSSR count). The zero-order valence-electron chi connectivity index (χ0n) is 11.3. The Labute approximate surface area is 112 Å². The van der Waals surface area contributed by atoms with E-state index in [-0.39, 0.29) is 18.0 Å². The maximum absolute atomic E-state index is 11.6. The van der Waals surface area contributed by atoms with Crippen LogP contribution >= 0.6 is 0 Å². The molecule has 0 unspecified atom stereocenters. The highest BCUT2D eigenvalue weighted by Gasteiger charge is 2.50. The highest BCUT2D eigenvalue weighted by Crippen LogP contribution is 2.48. The highest BCUT2D eigenvalue weighted by molar-refractivity contribution is 5.80. The van der Waals surface area contributed by atoms with Crippen molar-refractivity contribution in [2.45, 2.75) is 32.1 Å². The fraction of sp³-hybridized carbons (Fsp3) is 0.846. The number of aliphatic carboxylic acids is 1. The van der Waals surface area contributed by atoms with Gasteiger partial charge in [-0.2, -0.15) is 0 Å². The lowest BCUT2D eigenvalue weighted by Gasteiger charge is -2.17. The summed E-state index contributed by atoms with van der Waals surface area (Å²) in [6.07, 6.45) is 4.51. The number of carbonyl (C=O) groups excluding carboxylic acids is 1. The number of amides is 2. The molecule has 0 aliphatic heterocycles. The third-order valence-corrected chi connectivity index (χ3v) is 4.31. The van der Waals surface area contributed by atoms with E-state index in [1.165, 1.54) is 0 Å². The van der Waals surface area contributed by atoms with Crippen LogP contribution in [0, 0.1) is 10.8 Å². The number of carboxylic acid groups (broad SMARTS) is 1. The molecule has 2 fully saturated rings. The Bertz CT molecular complexity index is 362. The summed E-state index contributed by atoms with van der Waals surface area (Å²) in [6.45, 7) is 1.58. The van der Waals surface area contributed by atoms with E-state index in [0.29, 0.717) is 26.0 Å². The summed E-state index contributed by atoms with van der Waals surface area (Å²) in [5.74, 6) is -0.813. The summed E-state index contributed by atoms with van der Waals surface area (Å²) in [4.78, 5) is 22.6. The Morgan fingerprint density at radius 2 is 1.79 bits per heavy atom. The summed E-state index contributed by atoms with van der Waals surface area (Å²) >= 11 is 0. The Morgan fingerprint density at radius 3 is 2.26 bits per heavy atom. The van der Waals surface area contributed by atoms with Crippen LogP contribution in [0.4, 0.5) is 4.79 Å². The summed E-state index contributed by atoms with van der Waals surface area (Å²) in [5.41, 5.74) is -0.498. The van der Waals surface area contributed by atoms with E-state index >= 15 is 0 Å². The van der Waals surface area contributed by atoms with Crippen LogP contribution in [-0.4, -0.2) is 43.9 Å². The molecule has 0 heterocycles. The number of urea groups is 1. The van der Waals surface area contributed by atoms with Gasteiger partial charge in [-0.05, 0) is 37.5 Å². The second-order valence-corrected chi connectivity index (χ2v) is 5.86. The van der Waals surface area contributed by atoms with Gasteiger partial charge < -0.3 is 20.5 Å². The molecular formula is C13H22N2O4. The van der Waals surface area contributed by atoms with Crippen LogP contribution in [-0.2, 0) is 9.53 Å². The smallest absolute Gasteiger partial charge is 0.314 e. The van der Waals surface area contributed by atoms with Gasteiger partial charge in [0.05, 0.1) is 5.41 Å². The number of ether oxygens (including phenoxy) is 1. The van der Waals surface area contributed by atoms with Crippen molar-refractivity contribution in [3.05, 3.63) is 0 Å². The summed E-state index contributed by atoms with van der Waals surface area (Å²) in [5, 5.41) is 14.5. The lowest BCUT2D eigenvalue weighted by molar-refractivity contribution is -0.143. The van der Waals surface area contributed by atoms with Crippen LogP contribution in [0.3, 0.4) is 0 Å². The molecule has 108 valence electrons. The molecule has 0 bridgehead atoms.